The molecule has 0 aromatic rings. The van der Waals surface area contributed by atoms with Crippen molar-refractivity contribution < 1.29 is 5.21 Å². The van der Waals surface area contributed by atoms with Crippen molar-refractivity contribution in [1.29, 1.82) is 0 Å². The number of hydrogen-bond acceptors (Lipinski definition) is 4. The number of oxime groups is 1. The molecule has 5 nitrogen and oxygen atoms in total. The van der Waals surface area contributed by atoms with E-state index in [2.05, 4.69) is 15.4 Å². The number of amidine groups is 1. The minimum Gasteiger partial charge on any atom is -0.409 e. The van der Waals surface area contributed by atoms with Crippen LogP contribution in [0.2, 0.25) is 0 Å². The monoisotopic (exact) mass is 214 g/mol. The van der Waals surface area contributed by atoms with Crippen LogP contribution in [0.3, 0.4) is 0 Å². The van der Waals surface area contributed by atoms with Gasteiger partial charge in [-0.15, -0.1) is 0 Å². The minimum absolute atomic E-state index is 0.316. The molecule has 88 valence electrons. The maximum atomic E-state index is 8.32. The van der Waals surface area contributed by atoms with E-state index in [1.807, 2.05) is 0 Å². The first-order valence-corrected chi connectivity index (χ1v) is 5.72. The van der Waals surface area contributed by atoms with Gasteiger partial charge in [0.15, 0.2) is 0 Å². The molecule has 0 aromatic carbocycles. The van der Waals surface area contributed by atoms with E-state index in [1.54, 1.807) is 0 Å². The summed E-state index contributed by atoms with van der Waals surface area (Å²) >= 11 is 0. The van der Waals surface area contributed by atoms with E-state index in [-0.39, 0.29) is 0 Å². The fraction of sp³-hybridized carbons (Fsp3) is 0.900. The van der Waals surface area contributed by atoms with Crippen LogP contribution in [0.25, 0.3) is 0 Å². The highest BCUT2D eigenvalue weighted by molar-refractivity contribution is 5.79. The highest BCUT2D eigenvalue weighted by atomic mass is 16.4. The zero-order chi connectivity index (χ0) is 10.9. The standard InChI is InChI=1S/C10H22N4O/c11-10(13-15)4-3-5-12-6-9-14-7-1-2-8-14/h12,15H,1-9H2,(H2,11,13). The molecule has 1 aliphatic heterocycles. The Morgan fingerprint density at radius 2 is 2.07 bits per heavy atom. The van der Waals surface area contributed by atoms with Crippen LogP contribution < -0.4 is 11.1 Å². The Hall–Kier alpha value is -0.810. The number of nitrogens with one attached hydrogen (secondary N) is 1. The Labute approximate surface area is 91.3 Å². The lowest BCUT2D eigenvalue weighted by atomic mass is 10.3. The molecule has 1 saturated heterocycles. The van der Waals surface area contributed by atoms with Crippen LogP contribution in [0.4, 0.5) is 0 Å². The van der Waals surface area contributed by atoms with Gasteiger partial charge in [0, 0.05) is 19.5 Å². The molecule has 0 bridgehead atoms. The van der Waals surface area contributed by atoms with Crippen molar-refractivity contribution in [1.82, 2.24) is 10.2 Å². The number of nitrogens with two attached hydrogens (primary N) is 1. The van der Waals surface area contributed by atoms with Gasteiger partial charge < -0.3 is 21.2 Å². The van der Waals surface area contributed by atoms with E-state index in [9.17, 15) is 0 Å². The molecular weight excluding hydrogens is 192 g/mol. The van der Waals surface area contributed by atoms with Gasteiger partial charge in [0.25, 0.3) is 0 Å². The second kappa shape index (κ2) is 7.48. The van der Waals surface area contributed by atoms with Crippen LogP contribution in [0.5, 0.6) is 0 Å². The molecule has 1 heterocycles. The van der Waals surface area contributed by atoms with Gasteiger partial charge in [0.05, 0.1) is 0 Å². The van der Waals surface area contributed by atoms with Crippen molar-refractivity contribution in [2.75, 3.05) is 32.7 Å². The van der Waals surface area contributed by atoms with Gasteiger partial charge in [-0.1, -0.05) is 5.16 Å². The summed E-state index contributed by atoms with van der Waals surface area (Å²) in [4.78, 5) is 2.48. The Kier molecular flexibility index (Phi) is 6.11. The average Bonchev–Trinajstić information content (AvgIpc) is 2.75. The SMILES string of the molecule is NC(CCCNCCN1CCCC1)=NO. The molecule has 0 aromatic heterocycles. The van der Waals surface area contributed by atoms with E-state index >= 15 is 0 Å². The third kappa shape index (κ3) is 5.59. The molecular formula is C10H22N4O. The molecule has 15 heavy (non-hydrogen) atoms. The molecule has 4 N–H and O–H groups in total. The maximum absolute atomic E-state index is 8.32. The molecule has 0 atom stereocenters. The lowest BCUT2D eigenvalue weighted by Gasteiger charge is -2.14. The topological polar surface area (TPSA) is 73.9 Å². The van der Waals surface area contributed by atoms with Gasteiger partial charge in [-0.3, -0.25) is 0 Å². The summed E-state index contributed by atoms with van der Waals surface area (Å²) in [6.07, 6.45) is 4.29. The van der Waals surface area contributed by atoms with Gasteiger partial charge >= 0.3 is 0 Å². The highest BCUT2D eigenvalue weighted by Crippen LogP contribution is 2.05. The van der Waals surface area contributed by atoms with Crippen LogP contribution in [-0.4, -0.2) is 48.7 Å². The predicted octanol–water partition coefficient (Wildman–Crippen LogP) is 0.198. The Morgan fingerprint density at radius 1 is 1.33 bits per heavy atom. The van der Waals surface area contributed by atoms with Crippen molar-refractivity contribution in [3.05, 3.63) is 0 Å². The van der Waals surface area contributed by atoms with Gasteiger partial charge in [-0.05, 0) is 38.9 Å². The Morgan fingerprint density at radius 3 is 2.73 bits per heavy atom. The van der Waals surface area contributed by atoms with E-state index in [1.165, 1.54) is 25.9 Å². The fourth-order valence-electron chi connectivity index (χ4n) is 1.81. The van der Waals surface area contributed by atoms with E-state index in [4.69, 9.17) is 10.9 Å². The van der Waals surface area contributed by atoms with Crippen LogP contribution in [0.1, 0.15) is 25.7 Å². The van der Waals surface area contributed by atoms with Gasteiger partial charge in [0.1, 0.15) is 5.84 Å². The summed E-state index contributed by atoms with van der Waals surface area (Å²) in [7, 11) is 0. The maximum Gasteiger partial charge on any atom is 0.139 e. The number of nitrogens with zero attached hydrogens (tertiary/aromatic N) is 2. The first kappa shape index (κ1) is 12.3. The lowest BCUT2D eigenvalue weighted by Crippen LogP contribution is -2.30. The highest BCUT2D eigenvalue weighted by Gasteiger charge is 2.09. The third-order valence-corrected chi connectivity index (χ3v) is 2.72. The Bertz CT molecular complexity index is 190. The van der Waals surface area contributed by atoms with E-state index in [0.717, 1.165) is 26.1 Å². The first-order valence-electron chi connectivity index (χ1n) is 5.72. The van der Waals surface area contributed by atoms with Crippen LogP contribution in [0.15, 0.2) is 5.16 Å². The first-order chi connectivity index (χ1) is 7.33. The second-order valence-electron chi connectivity index (χ2n) is 3.99. The van der Waals surface area contributed by atoms with Crippen LogP contribution >= 0.6 is 0 Å². The minimum atomic E-state index is 0.316. The smallest absolute Gasteiger partial charge is 0.139 e. The van der Waals surface area contributed by atoms with Crippen LogP contribution in [-0.2, 0) is 0 Å². The third-order valence-electron chi connectivity index (χ3n) is 2.72. The summed E-state index contributed by atoms with van der Waals surface area (Å²) in [6, 6.07) is 0. The summed E-state index contributed by atoms with van der Waals surface area (Å²) in [6.45, 7) is 5.63. The second-order valence-corrected chi connectivity index (χ2v) is 3.99. The van der Waals surface area contributed by atoms with Crippen LogP contribution in [0, 0.1) is 0 Å². The van der Waals surface area contributed by atoms with Gasteiger partial charge in [-0.2, -0.15) is 0 Å². The number of likely N-dealkylation sites (tertiary alicyclic amines) is 1. The molecule has 1 fully saturated rings. The zero-order valence-electron chi connectivity index (χ0n) is 9.28. The van der Waals surface area contributed by atoms with Crippen molar-refractivity contribution in [3.8, 4) is 0 Å². The molecule has 5 heteroatoms. The molecule has 0 aliphatic carbocycles. The van der Waals surface area contributed by atoms with Gasteiger partial charge in [-0.25, -0.2) is 0 Å². The normalized spacial score (nSPS) is 18.5. The number of hydrogen-bond donors (Lipinski definition) is 3. The Balaban J connectivity index is 1.84. The van der Waals surface area contributed by atoms with E-state index < -0.39 is 0 Å². The molecule has 1 rings (SSSR count). The van der Waals surface area contributed by atoms with Crippen molar-refractivity contribution >= 4 is 5.84 Å². The molecule has 0 unspecified atom stereocenters. The summed E-state index contributed by atoms with van der Waals surface area (Å²) in [5, 5.41) is 14.6. The summed E-state index contributed by atoms with van der Waals surface area (Å²) < 4.78 is 0. The fourth-order valence-corrected chi connectivity index (χ4v) is 1.81. The van der Waals surface area contributed by atoms with E-state index in [0.29, 0.717) is 12.3 Å². The predicted molar refractivity (Wildman–Crippen MR) is 61.2 cm³/mol. The van der Waals surface area contributed by atoms with Crippen molar-refractivity contribution in [3.63, 3.8) is 0 Å². The molecule has 0 spiro atoms. The largest absolute Gasteiger partial charge is 0.409 e. The molecule has 1 aliphatic rings. The van der Waals surface area contributed by atoms with Crippen molar-refractivity contribution in [2.45, 2.75) is 25.7 Å². The lowest BCUT2D eigenvalue weighted by molar-refractivity contribution is 0.316. The number of rotatable bonds is 7. The average molecular weight is 214 g/mol. The zero-order valence-corrected chi connectivity index (χ0v) is 9.28. The molecule has 0 saturated carbocycles. The summed E-state index contributed by atoms with van der Waals surface area (Å²) in [5.41, 5.74) is 5.35. The quantitative estimate of drug-likeness (QED) is 0.186. The van der Waals surface area contributed by atoms with Gasteiger partial charge in [0.2, 0.25) is 0 Å². The molecule has 0 amide bonds. The summed E-state index contributed by atoms with van der Waals surface area (Å²) in [5.74, 6) is 0.316. The molecule has 0 radical (unpaired) electrons. The van der Waals surface area contributed by atoms with Crippen molar-refractivity contribution in [2.24, 2.45) is 10.9 Å².